The first-order valence-corrected chi connectivity index (χ1v) is 10.8. The number of fused-ring (bicyclic) bond motifs is 1. The van der Waals surface area contributed by atoms with Gasteiger partial charge in [-0.05, 0) is 38.3 Å². The molecular weight excluding hydrogens is 390 g/mol. The molecule has 0 saturated carbocycles. The highest BCUT2D eigenvalue weighted by Gasteiger charge is 2.24. The van der Waals surface area contributed by atoms with Crippen LogP contribution >= 0.6 is 11.3 Å². The molecule has 1 N–H and O–H groups in total. The van der Waals surface area contributed by atoms with Gasteiger partial charge in [0.1, 0.15) is 17.0 Å². The number of aryl methyl sites for hydroxylation is 1. The number of rotatable bonds is 6. The summed E-state index contributed by atoms with van der Waals surface area (Å²) in [7, 11) is 0. The lowest BCUT2D eigenvalue weighted by atomic mass is 10.0. The summed E-state index contributed by atoms with van der Waals surface area (Å²) in [6.45, 7) is 6.08. The number of likely N-dealkylation sites (tertiary alicyclic amines) is 1. The molecule has 4 nitrogen and oxygen atoms in total. The van der Waals surface area contributed by atoms with Gasteiger partial charge in [0.2, 0.25) is 5.92 Å². The molecular formula is C22H26F2N4S. The molecule has 0 radical (unpaired) electrons. The van der Waals surface area contributed by atoms with Crippen LogP contribution in [0.15, 0.2) is 36.7 Å². The van der Waals surface area contributed by atoms with E-state index in [9.17, 15) is 8.78 Å². The van der Waals surface area contributed by atoms with Crippen LogP contribution in [0.25, 0.3) is 10.2 Å². The molecule has 1 aromatic carbocycles. The number of alkyl halides is 2. The molecule has 2 aromatic heterocycles. The standard InChI is InChI=1S/C22H26F2N4S/c1-15-3-5-16(6-4-15)13-28-9-7-17(8-10-28)27-20-19-11-18(12-22(2,23)24)29-21(19)26-14-25-20/h3-6,11,14,17H,7-10,12-13H2,1-2H3,(H,25,26,27). The Morgan fingerprint density at radius 3 is 2.59 bits per heavy atom. The minimum Gasteiger partial charge on any atom is -0.367 e. The van der Waals surface area contributed by atoms with Crippen molar-refractivity contribution in [2.24, 2.45) is 0 Å². The summed E-state index contributed by atoms with van der Waals surface area (Å²) in [5, 5.41) is 4.38. The third kappa shape index (κ3) is 5.28. The number of benzene rings is 1. The minimum atomic E-state index is -2.72. The summed E-state index contributed by atoms with van der Waals surface area (Å²) in [5.74, 6) is -1.96. The van der Waals surface area contributed by atoms with Crippen LogP contribution in [-0.4, -0.2) is 39.9 Å². The van der Waals surface area contributed by atoms with E-state index in [2.05, 4.69) is 51.4 Å². The second kappa shape index (κ2) is 8.32. The predicted octanol–water partition coefficient (Wildman–Crippen LogP) is 5.27. The van der Waals surface area contributed by atoms with Gasteiger partial charge in [-0.3, -0.25) is 4.90 Å². The van der Waals surface area contributed by atoms with E-state index in [1.165, 1.54) is 28.8 Å². The number of nitrogens with zero attached hydrogens (tertiary/aromatic N) is 3. The van der Waals surface area contributed by atoms with Gasteiger partial charge in [-0.25, -0.2) is 18.7 Å². The SMILES string of the molecule is Cc1ccc(CN2CCC(Nc3ncnc4sc(CC(C)(F)F)cc34)CC2)cc1. The van der Waals surface area contributed by atoms with Crippen molar-refractivity contribution >= 4 is 27.4 Å². The Bertz CT molecular complexity index is 957. The first-order valence-electron chi connectivity index (χ1n) is 10.0. The van der Waals surface area contributed by atoms with Crippen molar-refractivity contribution in [1.82, 2.24) is 14.9 Å². The fourth-order valence-corrected chi connectivity index (χ4v) is 4.91. The quantitative estimate of drug-likeness (QED) is 0.594. The van der Waals surface area contributed by atoms with Crippen LogP contribution in [0.4, 0.5) is 14.6 Å². The summed E-state index contributed by atoms with van der Waals surface area (Å²) in [6.07, 6.45) is 3.31. The van der Waals surface area contributed by atoms with Crippen molar-refractivity contribution in [1.29, 1.82) is 0 Å². The molecule has 0 atom stereocenters. The molecule has 1 fully saturated rings. The number of hydrogen-bond acceptors (Lipinski definition) is 5. The van der Waals surface area contributed by atoms with Crippen LogP contribution < -0.4 is 5.32 Å². The Balaban J connectivity index is 1.37. The predicted molar refractivity (Wildman–Crippen MR) is 115 cm³/mol. The average Bonchev–Trinajstić information content (AvgIpc) is 3.07. The fourth-order valence-electron chi connectivity index (χ4n) is 3.79. The van der Waals surface area contributed by atoms with Gasteiger partial charge in [-0.1, -0.05) is 29.8 Å². The van der Waals surface area contributed by atoms with E-state index in [1.807, 2.05) is 6.07 Å². The van der Waals surface area contributed by atoms with Crippen molar-refractivity contribution in [3.8, 4) is 0 Å². The maximum absolute atomic E-state index is 13.4. The number of thiophene rings is 1. The summed E-state index contributed by atoms with van der Waals surface area (Å²) in [5.41, 5.74) is 2.63. The molecule has 0 aliphatic carbocycles. The average molecular weight is 417 g/mol. The second-order valence-electron chi connectivity index (χ2n) is 8.08. The largest absolute Gasteiger partial charge is 0.367 e. The van der Waals surface area contributed by atoms with E-state index in [-0.39, 0.29) is 6.42 Å². The highest BCUT2D eigenvalue weighted by molar-refractivity contribution is 7.18. The first-order chi connectivity index (χ1) is 13.9. The van der Waals surface area contributed by atoms with Crippen LogP contribution in [0.5, 0.6) is 0 Å². The summed E-state index contributed by atoms with van der Waals surface area (Å²) >= 11 is 1.32. The molecule has 29 heavy (non-hydrogen) atoms. The van der Waals surface area contributed by atoms with Crippen LogP contribution in [0, 0.1) is 6.92 Å². The third-order valence-corrected chi connectivity index (χ3v) is 6.36. The third-order valence-electron chi connectivity index (χ3n) is 5.32. The van der Waals surface area contributed by atoms with Gasteiger partial charge in [-0.15, -0.1) is 11.3 Å². The molecule has 1 aliphatic heterocycles. The number of anilines is 1. The topological polar surface area (TPSA) is 41.0 Å². The van der Waals surface area contributed by atoms with Crippen molar-refractivity contribution in [3.05, 3.63) is 52.7 Å². The van der Waals surface area contributed by atoms with Crippen molar-refractivity contribution in [3.63, 3.8) is 0 Å². The van der Waals surface area contributed by atoms with Gasteiger partial charge in [0.15, 0.2) is 0 Å². The maximum Gasteiger partial charge on any atom is 0.250 e. The molecule has 3 aromatic rings. The molecule has 4 rings (SSSR count). The molecule has 7 heteroatoms. The van der Waals surface area contributed by atoms with E-state index in [0.717, 1.165) is 55.4 Å². The van der Waals surface area contributed by atoms with Crippen LogP contribution in [0.1, 0.15) is 35.8 Å². The van der Waals surface area contributed by atoms with Crippen LogP contribution in [-0.2, 0) is 13.0 Å². The minimum absolute atomic E-state index is 0.259. The van der Waals surface area contributed by atoms with E-state index >= 15 is 0 Å². The Hall–Kier alpha value is -2.12. The van der Waals surface area contributed by atoms with Crippen molar-refractivity contribution in [2.45, 2.75) is 51.6 Å². The molecule has 0 spiro atoms. The molecule has 154 valence electrons. The molecule has 0 amide bonds. The Labute approximate surface area is 174 Å². The smallest absolute Gasteiger partial charge is 0.250 e. The second-order valence-corrected chi connectivity index (χ2v) is 9.20. The molecule has 3 heterocycles. The van der Waals surface area contributed by atoms with Gasteiger partial charge in [0.05, 0.1) is 5.39 Å². The van der Waals surface area contributed by atoms with Gasteiger partial charge >= 0.3 is 0 Å². The van der Waals surface area contributed by atoms with Crippen molar-refractivity contribution < 1.29 is 8.78 Å². The molecule has 0 bridgehead atoms. The first kappa shape index (κ1) is 20.2. The molecule has 1 saturated heterocycles. The Kier molecular flexibility index (Phi) is 5.79. The van der Waals surface area contributed by atoms with Crippen LogP contribution in [0.2, 0.25) is 0 Å². The fraction of sp³-hybridized carbons (Fsp3) is 0.455. The molecule has 0 unspecified atom stereocenters. The highest BCUT2D eigenvalue weighted by Crippen LogP contribution is 2.32. The number of piperidine rings is 1. The number of nitrogens with one attached hydrogen (secondary N) is 1. The van der Waals surface area contributed by atoms with Crippen molar-refractivity contribution in [2.75, 3.05) is 18.4 Å². The van der Waals surface area contributed by atoms with E-state index in [1.54, 1.807) is 0 Å². The van der Waals surface area contributed by atoms with Gasteiger partial charge in [0.25, 0.3) is 0 Å². The van der Waals surface area contributed by atoms with Gasteiger partial charge in [0, 0.05) is 37.0 Å². The van der Waals surface area contributed by atoms with E-state index in [4.69, 9.17) is 0 Å². The summed E-state index contributed by atoms with van der Waals surface area (Å²) in [4.78, 5) is 12.5. The Morgan fingerprint density at radius 1 is 1.17 bits per heavy atom. The zero-order valence-corrected chi connectivity index (χ0v) is 17.6. The monoisotopic (exact) mass is 416 g/mol. The lowest BCUT2D eigenvalue weighted by molar-refractivity contribution is 0.0235. The number of aromatic nitrogens is 2. The number of halogens is 2. The van der Waals surface area contributed by atoms with Gasteiger partial charge in [-0.2, -0.15) is 0 Å². The lowest BCUT2D eigenvalue weighted by Gasteiger charge is -2.32. The number of hydrogen-bond donors (Lipinski definition) is 1. The normalized spacial score (nSPS) is 16.4. The maximum atomic E-state index is 13.4. The van der Waals surface area contributed by atoms with E-state index in [0.29, 0.717) is 10.9 Å². The zero-order chi connectivity index (χ0) is 20.4. The molecule has 1 aliphatic rings. The van der Waals surface area contributed by atoms with Crippen LogP contribution in [0.3, 0.4) is 0 Å². The van der Waals surface area contributed by atoms with Gasteiger partial charge < -0.3 is 5.32 Å². The Morgan fingerprint density at radius 2 is 1.90 bits per heavy atom. The summed E-state index contributed by atoms with van der Waals surface area (Å²) < 4.78 is 26.7. The lowest BCUT2D eigenvalue weighted by Crippen LogP contribution is -2.38. The summed E-state index contributed by atoms with van der Waals surface area (Å²) in [6, 6.07) is 10.9. The zero-order valence-electron chi connectivity index (χ0n) is 16.8. The van der Waals surface area contributed by atoms with E-state index < -0.39 is 5.92 Å². The highest BCUT2D eigenvalue weighted by atomic mass is 32.1.